The van der Waals surface area contributed by atoms with E-state index in [1.807, 2.05) is 0 Å². The van der Waals surface area contributed by atoms with E-state index in [0.29, 0.717) is 6.61 Å². The highest BCUT2D eigenvalue weighted by Crippen LogP contribution is 2.20. The van der Waals surface area contributed by atoms with E-state index in [2.05, 4.69) is 10.6 Å². The number of carbonyl (C=O) groups excluding carboxylic acids is 1. The summed E-state index contributed by atoms with van der Waals surface area (Å²) < 4.78 is 5.55. The first-order chi connectivity index (χ1) is 9.99. The third kappa shape index (κ3) is 7.50. The van der Waals surface area contributed by atoms with E-state index >= 15 is 0 Å². The molecule has 1 aliphatic rings. The summed E-state index contributed by atoms with van der Waals surface area (Å²) in [5, 5.41) is 22.1. The Morgan fingerprint density at radius 2 is 1.86 bits per heavy atom. The first-order valence-electron chi connectivity index (χ1n) is 7.09. The number of ether oxygens (including phenoxy) is 1. The van der Waals surface area contributed by atoms with Gasteiger partial charge in [-0.05, 0) is 19.3 Å². The first kappa shape index (κ1) is 17.2. The molecule has 1 atom stereocenters. The second-order valence-corrected chi connectivity index (χ2v) is 5.00. The van der Waals surface area contributed by atoms with Gasteiger partial charge in [0, 0.05) is 13.0 Å². The quantitative estimate of drug-likeness (QED) is 0.461. The molecule has 0 aromatic carbocycles. The Morgan fingerprint density at radius 1 is 1.19 bits per heavy atom. The van der Waals surface area contributed by atoms with Crippen molar-refractivity contribution in [1.82, 2.24) is 10.6 Å². The van der Waals surface area contributed by atoms with Crippen LogP contribution in [0.5, 0.6) is 0 Å². The third-order valence-corrected chi connectivity index (χ3v) is 3.29. The van der Waals surface area contributed by atoms with Gasteiger partial charge < -0.3 is 25.6 Å². The second-order valence-electron chi connectivity index (χ2n) is 5.00. The van der Waals surface area contributed by atoms with E-state index in [0.717, 1.165) is 12.8 Å². The lowest BCUT2D eigenvalue weighted by Crippen LogP contribution is -2.47. The average molecular weight is 302 g/mol. The van der Waals surface area contributed by atoms with E-state index < -0.39 is 24.0 Å². The second kappa shape index (κ2) is 9.17. The fraction of sp³-hybridized carbons (Fsp3) is 0.769. The van der Waals surface area contributed by atoms with Crippen molar-refractivity contribution in [3.63, 3.8) is 0 Å². The van der Waals surface area contributed by atoms with Crippen LogP contribution in [0.2, 0.25) is 0 Å². The Kier molecular flexibility index (Phi) is 7.52. The van der Waals surface area contributed by atoms with Crippen LogP contribution in [0, 0.1) is 0 Å². The highest BCUT2D eigenvalue weighted by molar-refractivity contribution is 5.82. The molecular formula is C13H22N2O6. The fourth-order valence-electron chi connectivity index (χ4n) is 2.18. The summed E-state index contributed by atoms with van der Waals surface area (Å²) >= 11 is 0. The normalized spacial score (nSPS) is 16.4. The monoisotopic (exact) mass is 302 g/mol. The number of carbonyl (C=O) groups is 3. The van der Waals surface area contributed by atoms with E-state index in [9.17, 15) is 14.4 Å². The Hall–Kier alpha value is -1.83. The zero-order chi connectivity index (χ0) is 15.7. The van der Waals surface area contributed by atoms with Gasteiger partial charge in [0.15, 0.2) is 0 Å². The number of hydrogen-bond acceptors (Lipinski definition) is 4. The van der Waals surface area contributed by atoms with Crippen LogP contribution in [0.4, 0.5) is 4.79 Å². The third-order valence-electron chi connectivity index (χ3n) is 3.29. The summed E-state index contributed by atoms with van der Waals surface area (Å²) in [5.74, 6) is -2.36. The van der Waals surface area contributed by atoms with Gasteiger partial charge in [0.2, 0.25) is 0 Å². The number of amides is 2. The molecular weight excluding hydrogens is 280 g/mol. The van der Waals surface area contributed by atoms with Crippen LogP contribution < -0.4 is 10.6 Å². The number of nitrogens with one attached hydrogen (secondary N) is 2. The average Bonchev–Trinajstić information content (AvgIpc) is 2.92. The highest BCUT2D eigenvalue weighted by atomic mass is 16.5. The van der Waals surface area contributed by atoms with Crippen LogP contribution in [-0.4, -0.2) is 53.5 Å². The molecule has 8 nitrogen and oxygen atoms in total. The maximum atomic E-state index is 11.5. The minimum atomic E-state index is -1.26. The molecule has 1 fully saturated rings. The summed E-state index contributed by atoms with van der Waals surface area (Å²) in [5.41, 5.74) is 0. The van der Waals surface area contributed by atoms with Crippen LogP contribution in [0.3, 0.4) is 0 Å². The van der Waals surface area contributed by atoms with E-state index in [4.69, 9.17) is 14.9 Å². The molecule has 1 rings (SSSR count). The van der Waals surface area contributed by atoms with E-state index in [-0.39, 0.29) is 25.5 Å². The van der Waals surface area contributed by atoms with Crippen LogP contribution in [-0.2, 0) is 14.3 Å². The van der Waals surface area contributed by atoms with Crippen LogP contribution in [0.15, 0.2) is 0 Å². The van der Waals surface area contributed by atoms with Gasteiger partial charge in [-0.2, -0.15) is 0 Å². The van der Waals surface area contributed by atoms with Crippen molar-refractivity contribution in [1.29, 1.82) is 0 Å². The van der Waals surface area contributed by atoms with Crippen molar-refractivity contribution in [3.8, 4) is 0 Å². The molecule has 0 aliphatic heterocycles. The predicted octanol–water partition coefficient (Wildman–Crippen LogP) is 0.563. The van der Waals surface area contributed by atoms with Gasteiger partial charge in [0.05, 0.1) is 12.7 Å². The van der Waals surface area contributed by atoms with Crippen LogP contribution in [0.25, 0.3) is 0 Å². The van der Waals surface area contributed by atoms with Gasteiger partial charge in [-0.15, -0.1) is 0 Å². The van der Waals surface area contributed by atoms with Crippen molar-refractivity contribution in [2.45, 2.75) is 50.7 Å². The van der Waals surface area contributed by atoms with Crippen molar-refractivity contribution in [2.24, 2.45) is 0 Å². The van der Waals surface area contributed by atoms with Crippen molar-refractivity contribution in [2.75, 3.05) is 13.2 Å². The first-order valence-corrected chi connectivity index (χ1v) is 7.09. The van der Waals surface area contributed by atoms with Gasteiger partial charge in [-0.1, -0.05) is 12.8 Å². The largest absolute Gasteiger partial charge is 0.481 e. The SMILES string of the molecule is O=C(O)CCC(NC(=O)NCCOC1CCCC1)C(=O)O. The smallest absolute Gasteiger partial charge is 0.326 e. The Morgan fingerprint density at radius 3 is 2.43 bits per heavy atom. The standard InChI is InChI=1S/C13H22N2O6/c16-11(17)6-5-10(12(18)19)15-13(20)14-7-8-21-9-3-1-2-4-9/h9-10H,1-8H2,(H,16,17)(H,18,19)(H2,14,15,20). The summed E-state index contributed by atoms with van der Waals surface area (Å²) in [6, 6.07) is -1.85. The lowest BCUT2D eigenvalue weighted by molar-refractivity contribution is -0.140. The number of rotatable bonds is 9. The van der Waals surface area contributed by atoms with Gasteiger partial charge >= 0.3 is 18.0 Å². The molecule has 0 bridgehead atoms. The van der Waals surface area contributed by atoms with Crippen molar-refractivity contribution < 1.29 is 29.3 Å². The van der Waals surface area contributed by atoms with Crippen LogP contribution in [0.1, 0.15) is 38.5 Å². The minimum Gasteiger partial charge on any atom is -0.481 e. The number of aliphatic carboxylic acids is 2. The van der Waals surface area contributed by atoms with Crippen LogP contribution >= 0.6 is 0 Å². The molecule has 4 N–H and O–H groups in total. The molecule has 0 saturated heterocycles. The number of carboxylic acid groups (broad SMARTS) is 2. The maximum Gasteiger partial charge on any atom is 0.326 e. The Balaban J connectivity index is 2.16. The zero-order valence-electron chi connectivity index (χ0n) is 11.8. The van der Waals surface area contributed by atoms with Gasteiger partial charge in [0.25, 0.3) is 0 Å². The molecule has 2 amide bonds. The number of carboxylic acids is 2. The van der Waals surface area contributed by atoms with Crippen molar-refractivity contribution in [3.05, 3.63) is 0 Å². The fourth-order valence-corrected chi connectivity index (χ4v) is 2.18. The molecule has 1 aliphatic carbocycles. The molecule has 0 spiro atoms. The summed E-state index contributed by atoms with van der Waals surface area (Å²) in [7, 11) is 0. The molecule has 0 radical (unpaired) electrons. The lowest BCUT2D eigenvalue weighted by atomic mass is 10.1. The maximum absolute atomic E-state index is 11.5. The topological polar surface area (TPSA) is 125 Å². The van der Waals surface area contributed by atoms with Gasteiger partial charge in [-0.25, -0.2) is 9.59 Å². The molecule has 21 heavy (non-hydrogen) atoms. The number of urea groups is 1. The summed E-state index contributed by atoms with van der Waals surface area (Å²) in [6.45, 7) is 0.665. The summed E-state index contributed by atoms with van der Waals surface area (Å²) in [4.78, 5) is 32.8. The molecule has 1 unspecified atom stereocenters. The Bertz CT molecular complexity index is 368. The van der Waals surface area contributed by atoms with Gasteiger partial charge in [-0.3, -0.25) is 4.79 Å². The number of hydrogen-bond donors (Lipinski definition) is 4. The summed E-state index contributed by atoms with van der Waals surface area (Å²) in [6.07, 6.45) is 4.21. The van der Waals surface area contributed by atoms with E-state index in [1.165, 1.54) is 12.8 Å². The molecule has 0 aromatic heterocycles. The molecule has 120 valence electrons. The van der Waals surface area contributed by atoms with Crippen molar-refractivity contribution >= 4 is 18.0 Å². The Labute approximate surface area is 122 Å². The zero-order valence-corrected chi connectivity index (χ0v) is 11.8. The minimum absolute atomic E-state index is 0.156. The highest BCUT2D eigenvalue weighted by Gasteiger charge is 2.20. The molecule has 0 aromatic rings. The predicted molar refractivity (Wildman–Crippen MR) is 73.0 cm³/mol. The lowest BCUT2D eigenvalue weighted by Gasteiger charge is -2.15. The molecule has 0 heterocycles. The molecule has 1 saturated carbocycles. The van der Waals surface area contributed by atoms with Gasteiger partial charge in [0.1, 0.15) is 6.04 Å². The van der Waals surface area contributed by atoms with E-state index in [1.54, 1.807) is 0 Å². The molecule has 8 heteroatoms.